The van der Waals surface area contributed by atoms with Gasteiger partial charge in [-0.1, -0.05) is 35.9 Å². The maximum Gasteiger partial charge on any atom is 0.170 e. The molecule has 1 aromatic carbocycles. The van der Waals surface area contributed by atoms with E-state index in [1.165, 1.54) is 5.56 Å². The van der Waals surface area contributed by atoms with Crippen LogP contribution in [0.25, 0.3) is 0 Å². The molecule has 1 heterocycles. The molecule has 1 aromatic rings. The summed E-state index contributed by atoms with van der Waals surface area (Å²) in [5, 5.41) is 0. The third-order valence-electron chi connectivity index (χ3n) is 3.50. The highest BCUT2D eigenvalue weighted by Gasteiger charge is 2.30. The van der Waals surface area contributed by atoms with Gasteiger partial charge in [-0.15, -0.1) is 0 Å². The van der Waals surface area contributed by atoms with Crippen molar-refractivity contribution < 1.29 is 9.53 Å². The van der Waals surface area contributed by atoms with Gasteiger partial charge in [-0.05, 0) is 31.4 Å². The first kappa shape index (κ1) is 11.3. The van der Waals surface area contributed by atoms with Crippen LogP contribution in [0.15, 0.2) is 47.7 Å². The van der Waals surface area contributed by atoms with Gasteiger partial charge in [-0.3, -0.25) is 4.79 Å². The number of ether oxygens (including phenoxy) is 1. The molecule has 1 aliphatic heterocycles. The molecule has 2 aliphatic rings. The predicted molar refractivity (Wildman–Crippen MR) is 70.0 cm³/mol. The Morgan fingerprint density at radius 3 is 2.61 bits per heavy atom. The molecule has 2 nitrogen and oxygen atoms in total. The Hall–Kier alpha value is -1.83. The highest BCUT2D eigenvalue weighted by Crippen LogP contribution is 2.36. The Balaban J connectivity index is 1.88. The fourth-order valence-corrected chi connectivity index (χ4v) is 2.46. The second-order valence-electron chi connectivity index (χ2n) is 4.91. The maximum atomic E-state index is 12.1. The second-order valence-corrected chi connectivity index (χ2v) is 4.91. The summed E-state index contributed by atoms with van der Waals surface area (Å²) in [4.78, 5) is 12.1. The van der Waals surface area contributed by atoms with Crippen LogP contribution < -0.4 is 0 Å². The van der Waals surface area contributed by atoms with Gasteiger partial charge in [0.1, 0.15) is 11.9 Å². The van der Waals surface area contributed by atoms with E-state index in [0.29, 0.717) is 6.42 Å². The van der Waals surface area contributed by atoms with E-state index in [0.717, 1.165) is 29.7 Å². The van der Waals surface area contributed by atoms with E-state index >= 15 is 0 Å². The SMILES string of the molecule is Cc1ccc(C2CC(=O)C3=CCCC=C3O2)cc1. The third-order valence-corrected chi connectivity index (χ3v) is 3.50. The smallest absolute Gasteiger partial charge is 0.170 e. The summed E-state index contributed by atoms with van der Waals surface area (Å²) in [5.41, 5.74) is 3.09. The van der Waals surface area contributed by atoms with Gasteiger partial charge in [-0.2, -0.15) is 0 Å². The Morgan fingerprint density at radius 2 is 1.83 bits per heavy atom. The zero-order valence-electron chi connectivity index (χ0n) is 10.5. The van der Waals surface area contributed by atoms with Gasteiger partial charge >= 0.3 is 0 Å². The number of allylic oxidation sites excluding steroid dienone is 3. The summed E-state index contributed by atoms with van der Waals surface area (Å²) >= 11 is 0. The molecule has 0 amide bonds. The summed E-state index contributed by atoms with van der Waals surface area (Å²) < 4.78 is 5.96. The largest absolute Gasteiger partial charge is 0.485 e. The van der Waals surface area contributed by atoms with Crippen molar-refractivity contribution in [2.45, 2.75) is 32.3 Å². The van der Waals surface area contributed by atoms with Crippen LogP contribution in [-0.4, -0.2) is 5.78 Å². The molecule has 0 saturated carbocycles. The molecule has 3 rings (SSSR count). The number of rotatable bonds is 1. The van der Waals surface area contributed by atoms with Crippen molar-refractivity contribution >= 4 is 5.78 Å². The number of benzene rings is 1. The van der Waals surface area contributed by atoms with E-state index in [1.54, 1.807) is 0 Å². The second kappa shape index (κ2) is 4.45. The minimum absolute atomic E-state index is 0.125. The average molecular weight is 240 g/mol. The maximum absolute atomic E-state index is 12.1. The van der Waals surface area contributed by atoms with Gasteiger partial charge < -0.3 is 4.74 Å². The van der Waals surface area contributed by atoms with E-state index in [2.05, 4.69) is 19.1 Å². The van der Waals surface area contributed by atoms with Crippen molar-refractivity contribution in [1.82, 2.24) is 0 Å². The van der Waals surface area contributed by atoms with Crippen LogP contribution in [-0.2, 0) is 9.53 Å². The zero-order chi connectivity index (χ0) is 12.5. The summed E-state index contributed by atoms with van der Waals surface area (Å²) in [6.07, 6.45) is 6.28. The number of fused-ring (bicyclic) bond motifs is 1. The topological polar surface area (TPSA) is 26.3 Å². The number of ketones is 1. The van der Waals surface area contributed by atoms with Gasteiger partial charge in [-0.25, -0.2) is 0 Å². The van der Waals surface area contributed by atoms with Crippen LogP contribution in [0.5, 0.6) is 0 Å². The van der Waals surface area contributed by atoms with E-state index < -0.39 is 0 Å². The molecule has 1 unspecified atom stereocenters. The minimum Gasteiger partial charge on any atom is -0.485 e. The lowest BCUT2D eigenvalue weighted by Crippen LogP contribution is -2.22. The Kier molecular flexibility index (Phi) is 2.78. The first-order valence-electron chi connectivity index (χ1n) is 6.41. The molecule has 0 radical (unpaired) electrons. The molecule has 1 saturated heterocycles. The molecule has 0 aromatic heterocycles. The van der Waals surface area contributed by atoms with Crippen LogP contribution in [0.3, 0.4) is 0 Å². The average Bonchev–Trinajstić information content (AvgIpc) is 2.39. The van der Waals surface area contributed by atoms with Crippen LogP contribution >= 0.6 is 0 Å². The van der Waals surface area contributed by atoms with E-state index in [1.807, 2.05) is 24.3 Å². The van der Waals surface area contributed by atoms with Gasteiger partial charge in [0.05, 0.1) is 12.0 Å². The normalized spacial score (nSPS) is 22.7. The Morgan fingerprint density at radius 1 is 1.11 bits per heavy atom. The van der Waals surface area contributed by atoms with Crippen molar-refractivity contribution in [3.05, 3.63) is 58.9 Å². The molecule has 2 heteroatoms. The number of carbonyl (C=O) groups excluding carboxylic acids is 1. The molecule has 1 atom stereocenters. The van der Waals surface area contributed by atoms with Gasteiger partial charge in [0, 0.05) is 0 Å². The predicted octanol–water partition coefficient (Wildman–Crippen LogP) is 3.63. The Bertz CT molecular complexity index is 535. The van der Waals surface area contributed by atoms with E-state index in [4.69, 9.17) is 4.74 Å². The molecule has 18 heavy (non-hydrogen) atoms. The van der Waals surface area contributed by atoms with E-state index in [9.17, 15) is 4.79 Å². The number of hydrogen-bond acceptors (Lipinski definition) is 2. The van der Waals surface area contributed by atoms with Crippen molar-refractivity contribution in [1.29, 1.82) is 0 Å². The summed E-state index contributed by atoms with van der Waals surface area (Å²) in [6, 6.07) is 8.21. The highest BCUT2D eigenvalue weighted by atomic mass is 16.5. The number of aryl methyl sites for hydroxylation is 1. The van der Waals surface area contributed by atoms with Crippen molar-refractivity contribution in [2.24, 2.45) is 0 Å². The minimum atomic E-state index is -0.125. The molecule has 1 aliphatic carbocycles. The quantitative estimate of drug-likeness (QED) is 0.749. The lowest BCUT2D eigenvalue weighted by atomic mass is 9.92. The number of carbonyl (C=O) groups is 1. The monoisotopic (exact) mass is 240 g/mol. The van der Waals surface area contributed by atoms with Gasteiger partial charge in [0.2, 0.25) is 0 Å². The standard InChI is InChI=1S/C16H16O2/c1-11-6-8-12(9-7-11)16-10-14(17)13-4-2-3-5-15(13)18-16/h4-9,16H,2-3,10H2,1H3. The summed E-state index contributed by atoms with van der Waals surface area (Å²) in [5.74, 6) is 0.987. The van der Waals surface area contributed by atoms with Crippen LogP contribution in [0.1, 0.15) is 36.5 Å². The molecule has 0 bridgehead atoms. The highest BCUT2D eigenvalue weighted by molar-refractivity contribution is 6.00. The van der Waals surface area contributed by atoms with Crippen molar-refractivity contribution in [3.63, 3.8) is 0 Å². The van der Waals surface area contributed by atoms with Gasteiger partial charge in [0.15, 0.2) is 5.78 Å². The molecular formula is C16H16O2. The summed E-state index contributed by atoms with van der Waals surface area (Å²) in [6.45, 7) is 2.06. The molecule has 0 N–H and O–H groups in total. The molecular weight excluding hydrogens is 224 g/mol. The fraction of sp³-hybridized carbons (Fsp3) is 0.312. The molecule has 1 fully saturated rings. The third kappa shape index (κ3) is 1.99. The van der Waals surface area contributed by atoms with Crippen molar-refractivity contribution in [2.75, 3.05) is 0 Å². The van der Waals surface area contributed by atoms with Crippen LogP contribution in [0, 0.1) is 6.92 Å². The number of hydrogen-bond donors (Lipinski definition) is 0. The van der Waals surface area contributed by atoms with Crippen LogP contribution in [0.4, 0.5) is 0 Å². The van der Waals surface area contributed by atoms with Gasteiger partial charge in [0.25, 0.3) is 0 Å². The molecule has 92 valence electrons. The first-order chi connectivity index (χ1) is 8.74. The lowest BCUT2D eigenvalue weighted by Gasteiger charge is -2.29. The first-order valence-corrected chi connectivity index (χ1v) is 6.41. The number of Topliss-reactive ketones (excluding diaryl/α,β-unsaturated/α-hetero) is 1. The van der Waals surface area contributed by atoms with E-state index in [-0.39, 0.29) is 11.9 Å². The van der Waals surface area contributed by atoms with Crippen LogP contribution in [0.2, 0.25) is 0 Å². The Labute approximate surface area is 107 Å². The molecule has 0 spiro atoms. The summed E-state index contributed by atoms with van der Waals surface area (Å²) in [7, 11) is 0. The van der Waals surface area contributed by atoms with Crippen molar-refractivity contribution in [3.8, 4) is 0 Å². The fourth-order valence-electron chi connectivity index (χ4n) is 2.46. The lowest BCUT2D eigenvalue weighted by molar-refractivity contribution is -0.120. The zero-order valence-corrected chi connectivity index (χ0v) is 10.5.